The third kappa shape index (κ3) is 5.98. The predicted octanol–water partition coefficient (Wildman–Crippen LogP) is 4.26. The van der Waals surface area contributed by atoms with Crippen LogP contribution < -0.4 is 14.8 Å². The quantitative estimate of drug-likeness (QED) is 0.679. The number of amides is 1. The molecule has 0 fully saturated rings. The first-order valence-corrected chi connectivity index (χ1v) is 8.83. The molecule has 1 N–H and O–H groups in total. The van der Waals surface area contributed by atoms with Crippen LogP contribution >= 0.6 is 11.6 Å². The van der Waals surface area contributed by atoms with Crippen molar-refractivity contribution in [2.24, 2.45) is 0 Å². The second-order valence-electron chi connectivity index (χ2n) is 5.68. The number of aryl methyl sites for hydroxylation is 1. The van der Waals surface area contributed by atoms with Crippen molar-refractivity contribution in [3.8, 4) is 11.5 Å². The van der Waals surface area contributed by atoms with E-state index in [1.165, 1.54) is 0 Å². The number of methoxy groups -OCH3 is 1. The number of halogens is 1. The molecule has 2 rings (SSSR count). The summed E-state index contributed by atoms with van der Waals surface area (Å²) in [5, 5.41) is 3.70. The van der Waals surface area contributed by atoms with Crippen LogP contribution in [0, 0.1) is 0 Å². The van der Waals surface area contributed by atoms with Crippen molar-refractivity contribution < 1.29 is 14.3 Å². The number of benzene rings is 2. The molecule has 2 aromatic rings. The van der Waals surface area contributed by atoms with Crippen LogP contribution in [0.2, 0.25) is 5.02 Å². The summed E-state index contributed by atoms with van der Waals surface area (Å²) in [6.45, 7) is 2.52. The summed E-state index contributed by atoms with van der Waals surface area (Å²) in [5.41, 5.74) is 1.10. The molecule has 0 radical (unpaired) electrons. The number of rotatable bonds is 9. The molecule has 0 aliphatic carbocycles. The van der Waals surface area contributed by atoms with Gasteiger partial charge in [-0.3, -0.25) is 4.79 Å². The summed E-state index contributed by atoms with van der Waals surface area (Å²) in [5.74, 6) is 1.31. The number of hydrogen-bond acceptors (Lipinski definition) is 3. The average Bonchev–Trinajstić information content (AvgIpc) is 2.65. The Morgan fingerprint density at radius 3 is 2.44 bits per heavy atom. The summed E-state index contributed by atoms with van der Waals surface area (Å²) in [4.78, 5) is 12.3. The van der Waals surface area contributed by atoms with Crippen LogP contribution in [0.4, 0.5) is 0 Å². The minimum Gasteiger partial charge on any atom is -0.497 e. The Morgan fingerprint density at radius 2 is 1.80 bits per heavy atom. The lowest BCUT2D eigenvalue weighted by Crippen LogP contribution is -2.38. The van der Waals surface area contributed by atoms with Gasteiger partial charge < -0.3 is 14.8 Å². The fraction of sp³-hybridized carbons (Fsp3) is 0.350. The van der Waals surface area contributed by atoms with Gasteiger partial charge in [0.25, 0.3) is 5.91 Å². The van der Waals surface area contributed by atoms with Crippen LogP contribution in [0.3, 0.4) is 0 Å². The van der Waals surface area contributed by atoms with Gasteiger partial charge in [0.05, 0.1) is 7.11 Å². The maximum atomic E-state index is 12.3. The van der Waals surface area contributed by atoms with Crippen molar-refractivity contribution in [1.29, 1.82) is 0 Å². The van der Waals surface area contributed by atoms with E-state index >= 15 is 0 Å². The molecular formula is C20H24ClNO3. The molecule has 25 heavy (non-hydrogen) atoms. The lowest BCUT2D eigenvalue weighted by Gasteiger charge is -2.17. The summed E-state index contributed by atoms with van der Waals surface area (Å²) < 4.78 is 10.9. The van der Waals surface area contributed by atoms with Crippen molar-refractivity contribution in [2.75, 3.05) is 13.7 Å². The first-order valence-electron chi connectivity index (χ1n) is 8.46. The van der Waals surface area contributed by atoms with Gasteiger partial charge in [-0.05, 0) is 55.2 Å². The van der Waals surface area contributed by atoms with Gasteiger partial charge in [0.15, 0.2) is 6.10 Å². The molecule has 0 aromatic heterocycles. The van der Waals surface area contributed by atoms with E-state index in [9.17, 15) is 4.79 Å². The Labute approximate surface area is 154 Å². The number of carbonyl (C=O) groups is 1. The van der Waals surface area contributed by atoms with Gasteiger partial charge in [-0.25, -0.2) is 0 Å². The number of nitrogens with one attached hydrogen (secondary N) is 1. The normalized spacial score (nSPS) is 11.6. The molecule has 1 amide bonds. The molecule has 2 aromatic carbocycles. The number of hydrogen-bond donors (Lipinski definition) is 1. The van der Waals surface area contributed by atoms with E-state index in [1.54, 1.807) is 19.2 Å². The summed E-state index contributed by atoms with van der Waals surface area (Å²) in [7, 11) is 1.61. The average molecular weight is 362 g/mol. The molecule has 1 unspecified atom stereocenters. The zero-order valence-corrected chi connectivity index (χ0v) is 15.4. The highest BCUT2D eigenvalue weighted by Crippen LogP contribution is 2.19. The van der Waals surface area contributed by atoms with Crippen molar-refractivity contribution in [3.63, 3.8) is 0 Å². The fourth-order valence-corrected chi connectivity index (χ4v) is 2.68. The van der Waals surface area contributed by atoms with E-state index in [-0.39, 0.29) is 5.91 Å². The van der Waals surface area contributed by atoms with Gasteiger partial charge in [0, 0.05) is 11.6 Å². The number of ether oxygens (including phenoxy) is 2. The zero-order valence-electron chi connectivity index (χ0n) is 14.6. The first-order chi connectivity index (χ1) is 12.1. The van der Waals surface area contributed by atoms with Crippen LogP contribution in [0.15, 0.2) is 48.5 Å². The van der Waals surface area contributed by atoms with Gasteiger partial charge in [0.2, 0.25) is 0 Å². The minimum atomic E-state index is -0.506. The van der Waals surface area contributed by atoms with Crippen molar-refractivity contribution >= 4 is 17.5 Å². The molecule has 4 nitrogen and oxygen atoms in total. The Morgan fingerprint density at radius 1 is 1.12 bits per heavy atom. The molecule has 134 valence electrons. The molecule has 5 heteroatoms. The van der Waals surface area contributed by atoms with Gasteiger partial charge in [0.1, 0.15) is 11.5 Å². The summed E-state index contributed by atoms with van der Waals surface area (Å²) >= 11 is 6.13. The first kappa shape index (κ1) is 19.1. The molecule has 0 aliphatic rings. The third-order valence-corrected chi connectivity index (χ3v) is 4.25. The highest BCUT2D eigenvalue weighted by atomic mass is 35.5. The topological polar surface area (TPSA) is 47.6 Å². The molecule has 0 spiro atoms. The second kappa shape index (κ2) is 9.94. The lowest BCUT2D eigenvalue weighted by atomic mass is 10.1. The highest BCUT2D eigenvalue weighted by Gasteiger charge is 2.17. The van der Waals surface area contributed by atoms with E-state index in [1.807, 2.05) is 43.3 Å². The van der Waals surface area contributed by atoms with E-state index in [0.717, 1.165) is 29.2 Å². The van der Waals surface area contributed by atoms with Crippen LogP contribution in [0.1, 0.15) is 25.3 Å². The van der Waals surface area contributed by atoms with Gasteiger partial charge >= 0.3 is 0 Å². The van der Waals surface area contributed by atoms with Crippen molar-refractivity contribution in [1.82, 2.24) is 5.32 Å². The van der Waals surface area contributed by atoms with Gasteiger partial charge in [-0.1, -0.05) is 36.7 Å². The van der Waals surface area contributed by atoms with Crippen molar-refractivity contribution in [2.45, 2.75) is 32.3 Å². The molecule has 0 bridgehead atoms. The Hall–Kier alpha value is -2.20. The second-order valence-corrected chi connectivity index (χ2v) is 6.08. The Kier molecular flexibility index (Phi) is 7.61. The molecule has 0 heterocycles. The van der Waals surface area contributed by atoms with Crippen LogP contribution in [-0.2, 0) is 11.2 Å². The maximum Gasteiger partial charge on any atom is 0.261 e. The van der Waals surface area contributed by atoms with E-state index < -0.39 is 6.10 Å². The SMILES string of the molecule is CCC(Oc1ccc(OC)cc1)C(=O)NCCCc1ccccc1Cl. The van der Waals surface area contributed by atoms with E-state index in [2.05, 4.69) is 5.32 Å². The molecular weight excluding hydrogens is 338 g/mol. The summed E-state index contributed by atoms with van der Waals surface area (Å²) in [6.07, 6.45) is 1.75. The molecule has 0 aliphatic heterocycles. The Balaban J connectivity index is 1.78. The van der Waals surface area contributed by atoms with Gasteiger partial charge in [-0.15, -0.1) is 0 Å². The smallest absolute Gasteiger partial charge is 0.261 e. The molecule has 1 atom stereocenters. The standard InChI is InChI=1S/C20H24ClNO3/c1-3-19(25-17-12-10-16(24-2)11-13-17)20(23)22-14-6-8-15-7-4-5-9-18(15)21/h4-5,7,9-13,19H,3,6,8,14H2,1-2H3,(H,22,23). The molecule has 0 saturated carbocycles. The maximum absolute atomic E-state index is 12.3. The monoisotopic (exact) mass is 361 g/mol. The van der Waals surface area contributed by atoms with Gasteiger partial charge in [-0.2, -0.15) is 0 Å². The summed E-state index contributed by atoms with van der Waals surface area (Å²) in [6, 6.07) is 15.0. The Bertz CT molecular complexity index is 673. The van der Waals surface area contributed by atoms with Crippen LogP contribution in [-0.4, -0.2) is 25.7 Å². The minimum absolute atomic E-state index is 0.0996. The number of carbonyl (C=O) groups excluding carboxylic acids is 1. The van der Waals surface area contributed by atoms with Crippen LogP contribution in [0.25, 0.3) is 0 Å². The largest absolute Gasteiger partial charge is 0.497 e. The van der Waals surface area contributed by atoms with Crippen LogP contribution in [0.5, 0.6) is 11.5 Å². The highest BCUT2D eigenvalue weighted by molar-refractivity contribution is 6.31. The zero-order chi connectivity index (χ0) is 18.1. The van der Waals surface area contributed by atoms with E-state index in [0.29, 0.717) is 18.7 Å². The lowest BCUT2D eigenvalue weighted by molar-refractivity contribution is -0.128. The molecule has 0 saturated heterocycles. The fourth-order valence-electron chi connectivity index (χ4n) is 2.45. The van der Waals surface area contributed by atoms with Crippen molar-refractivity contribution in [3.05, 3.63) is 59.1 Å². The predicted molar refractivity (Wildman–Crippen MR) is 100 cm³/mol. The third-order valence-electron chi connectivity index (χ3n) is 3.88. The van der Waals surface area contributed by atoms with E-state index in [4.69, 9.17) is 21.1 Å².